The Balaban J connectivity index is 2.12. The van der Waals surface area contributed by atoms with E-state index in [1.54, 1.807) is 12.1 Å². The van der Waals surface area contributed by atoms with Gasteiger partial charge >= 0.3 is 0 Å². The molecule has 1 aromatic rings. The number of hydrogen-bond acceptors (Lipinski definition) is 3. The third-order valence-corrected chi connectivity index (χ3v) is 2.34. The predicted octanol–water partition coefficient (Wildman–Crippen LogP) is 0.942. The van der Waals surface area contributed by atoms with Gasteiger partial charge in [-0.2, -0.15) is 5.26 Å². The van der Waals surface area contributed by atoms with Crippen LogP contribution < -0.4 is 10.6 Å². The van der Waals surface area contributed by atoms with Crippen LogP contribution in [0.4, 0.5) is 0 Å². The molecule has 1 saturated heterocycles. The highest BCUT2D eigenvalue weighted by atomic mass is 15.2. The normalized spacial score (nSPS) is 18.2. The average Bonchev–Trinajstić information content (AvgIpc) is 2.73. The molecule has 78 valence electrons. The van der Waals surface area contributed by atoms with E-state index < -0.39 is 0 Å². The molecule has 3 heteroatoms. The fourth-order valence-corrected chi connectivity index (χ4v) is 1.41. The van der Waals surface area contributed by atoms with Gasteiger partial charge in [-0.3, -0.25) is 5.32 Å². The number of nitrogens with one attached hydrogen (secondary N) is 2. The van der Waals surface area contributed by atoms with Crippen molar-refractivity contribution in [2.75, 3.05) is 6.67 Å². The summed E-state index contributed by atoms with van der Waals surface area (Å²) >= 11 is 0. The van der Waals surface area contributed by atoms with E-state index in [0.717, 1.165) is 11.3 Å². The summed E-state index contributed by atoms with van der Waals surface area (Å²) in [5, 5.41) is 14.9. The summed E-state index contributed by atoms with van der Waals surface area (Å²) in [5.74, 6) is 6.12. The molecule has 0 spiro atoms. The van der Waals surface area contributed by atoms with Crippen molar-refractivity contribution >= 4 is 0 Å². The highest BCUT2D eigenvalue weighted by Crippen LogP contribution is 2.03. The zero-order chi connectivity index (χ0) is 11.4. The van der Waals surface area contributed by atoms with Crippen molar-refractivity contribution in [1.82, 2.24) is 10.6 Å². The molecule has 0 aliphatic carbocycles. The first-order valence-corrected chi connectivity index (χ1v) is 4.97. The monoisotopic (exact) mass is 209 g/mol. The van der Waals surface area contributed by atoms with Gasteiger partial charge in [0.05, 0.1) is 18.3 Å². The van der Waals surface area contributed by atoms with Gasteiger partial charge in [-0.1, -0.05) is 18.4 Å². The van der Waals surface area contributed by atoms with Crippen LogP contribution in [0, 0.1) is 23.2 Å². The lowest BCUT2D eigenvalue weighted by Crippen LogP contribution is -2.20. The van der Waals surface area contributed by atoms with Crippen molar-refractivity contribution in [3.05, 3.63) is 47.7 Å². The van der Waals surface area contributed by atoms with E-state index in [4.69, 9.17) is 5.26 Å². The van der Waals surface area contributed by atoms with E-state index in [2.05, 4.69) is 35.1 Å². The van der Waals surface area contributed by atoms with Crippen molar-refractivity contribution in [2.24, 2.45) is 0 Å². The first kappa shape index (κ1) is 10.3. The molecule has 1 fully saturated rings. The van der Waals surface area contributed by atoms with E-state index >= 15 is 0 Å². The molecule has 2 N–H and O–H groups in total. The van der Waals surface area contributed by atoms with E-state index in [1.165, 1.54) is 0 Å². The zero-order valence-corrected chi connectivity index (χ0v) is 8.75. The van der Waals surface area contributed by atoms with Crippen molar-refractivity contribution in [3.8, 4) is 17.9 Å². The second-order valence-electron chi connectivity index (χ2n) is 3.47. The van der Waals surface area contributed by atoms with Gasteiger partial charge < -0.3 is 5.32 Å². The van der Waals surface area contributed by atoms with Crippen LogP contribution in [0.3, 0.4) is 0 Å². The number of nitriles is 1. The Morgan fingerprint density at radius 2 is 1.94 bits per heavy atom. The van der Waals surface area contributed by atoms with E-state index in [9.17, 15) is 0 Å². The molecule has 2 rings (SSSR count). The third kappa shape index (κ3) is 2.23. The molecular weight excluding hydrogens is 198 g/mol. The van der Waals surface area contributed by atoms with E-state index in [0.29, 0.717) is 12.2 Å². The van der Waals surface area contributed by atoms with Gasteiger partial charge in [0.1, 0.15) is 6.04 Å². The van der Waals surface area contributed by atoms with Crippen molar-refractivity contribution in [3.63, 3.8) is 0 Å². The molecule has 0 amide bonds. The van der Waals surface area contributed by atoms with Crippen LogP contribution in [0.25, 0.3) is 0 Å². The smallest absolute Gasteiger partial charge is 0.110 e. The van der Waals surface area contributed by atoms with E-state index in [-0.39, 0.29) is 6.04 Å². The van der Waals surface area contributed by atoms with Crippen LogP contribution in [-0.4, -0.2) is 12.7 Å². The molecule has 1 atom stereocenters. The van der Waals surface area contributed by atoms with Crippen molar-refractivity contribution in [2.45, 2.75) is 6.04 Å². The van der Waals surface area contributed by atoms with Gasteiger partial charge in [-0.05, 0) is 24.3 Å². The van der Waals surface area contributed by atoms with Gasteiger partial charge in [0.25, 0.3) is 0 Å². The Morgan fingerprint density at radius 3 is 2.50 bits per heavy atom. The Bertz CT molecular complexity index is 497. The Hall–Kier alpha value is -2.23. The minimum absolute atomic E-state index is 0.00985. The van der Waals surface area contributed by atoms with Crippen LogP contribution in [-0.2, 0) is 0 Å². The Kier molecular flexibility index (Phi) is 2.91. The molecule has 1 aromatic carbocycles. The van der Waals surface area contributed by atoms with Gasteiger partial charge in [0, 0.05) is 11.3 Å². The van der Waals surface area contributed by atoms with Crippen LogP contribution >= 0.6 is 0 Å². The summed E-state index contributed by atoms with van der Waals surface area (Å²) in [6, 6.07) is 9.30. The van der Waals surface area contributed by atoms with Crippen LogP contribution in [0.15, 0.2) is 36.5 Å². The highest BCUT2D eigenvalue weighted by Gasteiger charge is 2.13. The lowest BCUT2D eigenvalue weighted by molar-refractivity contribution is 0.770. The molecular formula is C13H11N3. The highest BCUT2D eigenvalue weighted by molar-refractivity contribution is 5.41. The summed E-state index contributed by atoms with van der Waals surface area (Å²) in [7, 11) is 0. The molecule has 0 saturated carbocycles. The summed E-state index contributed by atoms with van der Waals surface area (Å²) < 4.78 is 0. The largest absolute Gasteiger partial charge is 0.374 e. The third-order valence-electron chi connectivity index (χ3n) is 2.34. The summed E-state index contributed by atoms with van der Waals surface area (Å²) in [5.41, 5.74) is 2.46. The minimum atomic E-state index is 0.00985. The Morgan fingerprint density at radius 1 is 1.25 bits per heavy atom. The zero-order valence-electron chi connectivity index (χ0n) is 8.75. The minimum Gasteiger partial charge on any atom is -0.374 e. The van der Waals surface area contributed by atoms with Gasteiger partial charge in [-0.15, -0.1) is 0 Å². The quantitative estimate of drug-likeness (QED) is 0.625. The lowest BCUT2D eigenvalue weighted by atomic mass is 10.1. The summed E-state index contributed by atoms with van der Waals surface area (Å²) in [4.78, 5) is 0. The molecule has 1 aliphatic heterocycles. The molecule has 0 bridgehead atoms. The van der Waals surface area contributed by atoms with Crippen LogP contribution in [0.5, 0.6) is 0 Å². The fourth-order valence-electron chi connectivity index (χ4n) is 1.41. The predicted molar refractivity (Wildman–Crippen MR) is 62.1 cm³/mol. The van der Waals surface area contributed by atoms with Gasteiger partial charge in [-0.25, -0.2) is 0 Å². The molecule has 0 aromatic heterocycles. The maximum atomic E-state index is 8.65. The van der Waals surface area contributed by atoms with Crippen LogP contribution in [0.1, 0.15) is 11.1 Å². The lowest BCUT2D eigenvalue weighted by Gasteiger charge is -1.99. The second-order valence-corrected chi connectivity index (χ2v) is 3.47. The van der Waals surface area contributed by atoms with Crippen molar-refractivity contribution < 1.29 is 0 Å². The standard InChI is InChI=1S/C13H11N3/c1-10-13(16-9-15-10)7-6-11-2-4-12(8-14)5-3-11/h2-5,13,15-16H,1,9H2. The molecule has 16 heavy (non-hydrogen) atoms. The number of hydrogen-bond donors (Lipinski definition) is 2. The van der Waals surface area contributed by atoms with Crippen LogP contribution in [0.2, 0.25) is 0 Å². The van der Waals surface area contributed by atoms with Crippen molar-refractivity contribution in [1.29, 1.82) is 5.26 Å². The summed E-state index contributed by atoms with van der Waals surface area (Å²) in [6.07, 6.45) is 0. The molecule has 3 nitrogen and oxygen atoms in total. The van der Waals surface area contributed by atoms with Gasteiger partial charge in [0.2, 0.25) is 0 Å². The summed E-state index contributed by atoms with van der Waals surface area (Å²) in [6.45, 7) is 4.57. The maximum absolute atomic E-state index is 8.65. The van der Waals surface area contributed by atoms with Gasteiger partial charge in [0.15, 0.2) is 0 Å². The number of nitrogens with zero attached hydrogens (tertiary/aromatic N) is 1. The SMILES string of the molecule is C=C1NCNC1C#Cc1ccc(C#N)cc1. The molecule has 1 heterocycles. The number of benzene rings is 1. The Labute approximate surface area is 94.8 Å². The average molecular weight is 209 g/mol. The second kappa shape index (κ2) is 4.53. The first-order valence-electron chi connectivity index (χ1n) is 4.97. The fraction of sp³-hybridized carbons (Fsp3) is 0.154. The number of rotatable bonds is 0. The topological polar surface area (TPSA) is 47.8 Å². The molecule has 0 radical (unpaired) electrons. The molecule has 1 aliphatic rings. The maximum Gasteiger partial charge on any atom is 0.110 e. The van der Waals surface area contributed by atoms with E-state index in [1.807, 2.05) is 12.1 Å². The first-order chi connectivity index (χ1) is 7.79. The molecule has 1 unspecified atom stereocenters.